The van der Waals surface area contributed by atoms with Gasteiger partial charge in [-0.15, -0.1) is 0 Å². The third kappa shape index (κ3) is 2.20. The Hall–Kier alpha value is -0.600. The summed E-state index contributed by atoms with van der Waals surface area (Å²) in [5.41, 5.74) is 1.68. The molecule has 0 aliphatic heterocycles. The molecular formula is C9H5ClINO. The Balaban J connectivity index is 3.41. The molecular weight excluding hydrogens is 300 g/mol. The summed E-state index contributed by atoms with van der Waals surface area (Å²) in [6.07, 6.45) is 0. The Kier molecular flexibility index (Phi) is 3.28. The van der Waals surface area contributed by atoms with Gasteiger partial charge in [-0.2, -0.15) is 5.26 Å². The first-order chi connectivity index (χ1) is 6.06. The molecule has 0 N–H and O–H groups in total. The van der Waals surface area contributed by atoms with Crippen LogP contribution in [0.3, 0.4) is 0 Å². The molecule has 0 aliphatic carbocycles. The van der Waals surface area contributed by atoms with Crippen LogP contribution in [-0.4, -0.2) is 5.24 Å². The van der Waals surface area contributed by atoms with Crippen molar-refractivity contribution in [1.29, 1.82) is 5.26 Å². The van der Waals surface area contributed by atoms with Crippen molar-refractivity contribution in [3.63, 3.8) is 0 Å². The van der Waals surface area contributed by atoms with Crippen LogP contribution in [0.4, 0.5) is 0 Å². The number of hydrogen-bond donors (Lipinski definition) is 0. The third-order valence-corrected chi connectivity index (χ3v) is 2.74. The molecule has 66 valence electrons. The molecule has 0 unspecified atom stereocenters. The van der Waals surface area contributed by atoms with E-state index in [9.17, 15) is 4.79 Å². The van der Waals surface area contributed by atoms with Crippen molar-refractivity contribution in [3.05, 3.63) is 32.4 Å². The van der Waals surface area contributed by atoms with Crippen molar-refractivity contribution >= 4 is 39.4 Å². The minimum absolute atomic E-state index is 0.402. The van der Waals surface area contributed by atoms with Gasteiger partial charge in [-0.05, 0) is 58.8 Å². The molecule has 0 amide bonds. The number of aryl methyl sites for hydroxylation is 1. The average molecular weight is 306 g/mol. The van der Waals surface area contributed by atoms with Gasteiger partial charge in [0.15, 0.2) is 0 Å². The van der Waals surface area contributed by atoms with Gasteiger partial charge in [0.1, 0.15) is 6.07 Å². The van der Waals surface area contributed by atoms with E-state index in [4.69, 9.17) is 16.9 Å². The lowest BCUT2D eigenvalue weighted by molar-refractivity contribution is 0.108. The van der Waals surface area contributed by atoms with Crippen LogP contribution in [0.15, 0.2) is 12.1 Å². The Morgan fingerprint density at radius 3 is 2.69 bits per heavy atom. The molecule has 13 heavy (non-hydrogen) atoms. The second kappa shape index (κ2) is 4.07. The maximum atomic E-state index is 10.9. The summed E-state index contributed by atoms with van der Waals surface area (Å²) in [5, 5.41) is 8.18. The number of hydrogen-bond acceptors (Lipinski definition) is 2. The van der Waals surface area contributed by atoms with E-state index in [1.807, 2.05) is 28.7 Å². The van der Waals surface area contributed by atoms with E-state index in [1.165, 1.54) is 6.07 Å². The second-order valence-electron chi connectivity index (χ2n) is 2.53. The molecule has 0 spiro atoms. The maximum absolute atomic E-state index is 10.9. The lowest BCUT2D eigenvalue weighted by atomic mass is 10.1. The van der Waals surface area contributed by atoms with E-state index in [1.54, 1.807) is 13.0 Å². The summed E-state index contributed by atoms with van der Waals surface area (Å²) in [4.78, 5) is 10.9. The number of nitriles is 1. The topological polar surface area (TPSA) is 40.9 Å². The van der Waals surface area contributed by atoms with Gasteiger partial charge in [0, 0.05) is 9.13 Å². The first-order valence-corrected chi connectivity index (χ1v) is 4.92. The highest BCUT2D eigenvalue weighted by atomic mass is 127. The Bertz CT molecular complexity index is 409. The second-order valence-corrected chi connectivity index (χ2v) is 4.04. The normalized spacial score (nSPS) is 9.38. The molecule has 0 saturated heterocycles. The molecule has 0 aromatic heterocycles. The summed E-state index contributed by atoms with van der Waals surface area (Å²) in [6, 6.07) is 5.29. The van der Waals surface area contributed by atoms with Crippen molar-refractivity contribution in [2.75, 3.05) is 0 Å². The zero-order chi connectivity index (χ0) is 10.0. The predicted molar refractivity (Wildman–Crippen MR) is 58.8 cm³/mol. The number of halogens is 2. The van der Waals surface area contributed by atoms with Crippen molar-refractivity contribution in [3.8, 4) is 6.07 Å². The summed E-state index contributed by atoms with van der Waals surface area (Å²) >= 11 is 7.39. The van der Waals surface area contributed by atoms with Crippen LogP contribution in [0.1, 0.15) is 21.5 Å². The van der Waals surface area contributed by atoms with Crippen LogP contribution < -0.4 is 0 Å². The fourth-order valence-electron chi connectivity index (χ4n) is 0.970. The maximum Gasteiger partial charge on any atom is 0.252 e. The van der Waals surface area contributed by atoms with E-state index < -0.39 is 5.24 Å². The highest BCUT2D eigenvalue weighted by Gasteiger charge is 2.09. The first kappa shape index (κ1) is 10.5. The van der Waals surface area contributed by atoms with Crippen LogP contribution in [0.5, 0.6) is 0 Å². The van der Waals surface area contributed by atoms with Crippen molar-refractivity contribution in [2.24, 2.45) is 0 Å². The largest absolute Gasteiger partial charge is 0.276 e. The van der Waals surface area contributed by atoms with Gasteiger partial charge < -0.3 is 0 Å². The van der Waals surface area contributed by atoms with Crippen LogP contribution in [0, 0.1) is 21.8 Å². The van der Waals surface area contributed by atoms with Gasteiger partial charge >= 0.3 is 0 Å². The van der Waals surface area contributed by atoms with Gasteiger partial charge in [-0.1, -0.05) is 0 Å². The number of benzene rings is 1. The molecule has 0 atom stereocenters. The van der Waals surface area contributed by atoms with Crippen molar-refractivity contribution < 1.29 is 4.79 Å². The van der Waals surface area contributed by atoms with E-state index in [2.05, 4.69) is 0 Å². The number of rotatable bonds is 1. The molecule has 1 aromatic rings. The van der Waals surface area contributed by atoms with Gasteiger partial charge in [0.25, 0.3) is 5.24 Å². The quantitative estimate of drug-likeness (QED) is 0.591. The summed E-state index contributed by atoms with van der Waals surface area (Å²) < 4.78 is 0.833. The summed E-state index contributed by atoms with van der Waals surface area (Å²) in [5.74, 6) is 0. The zero-order valence-corrected chi connectivity index (χ0v) is 9.68. The standard InChI is InChI=1S/C9H5ClINO/c1-5-2-8(11)6(4-12)3-7(5)9(10)13/h2-3H,1H3. The first-order valence-electron chi connectivity index (χ1n) is 3.46. The minimum atomic E-state index is -0.523. The van der Waals surface area contributed by atoms with E-state index in [0.717, 1.165) is 9.13 Å². The Labute approximate surface area is 94.6 Å². The zero-order valence-electron chi connectivity index (χ0n) is 6.77. The van der Waals surface area contributed by atoms with Crippen LogP contribution >= 0.6 is 34.2 Å². The number of carbonyl (C=O) groups excluding carboxylic acids is 1. The highest BCUT2D eigenvalue weighted by Crippen LogP contribution is 2.19. The Morgan fingerprint density at radius 1 is 1.62 bits per heavy atom. The molecule has 1 rings (SSSR count). The molecule has 1 aromatic carbocycles. The van der Waals surface area contributed by atoms with E-state index >= 15 is 0 Å². The molecule has 0 bridgehead atoms. The SMILES string of the molecule is Cc1cc(I)c(C#N)cc1C(=O)Cl. The van der Waals surface area contributed by atoms with Crippen LogP contribution in [-0.2, 0) is 0 Å². The van der Waals surface area contributed by atoms with Crippen LogP contribution in [0.25, 0.3) is 0 Å². The van der Waals surface area contributed by atoms with Gasteiger partial charge in [0.05, 0.1) is 5.56 Å². The van der Waals surface area contributed by atoms with Gasteiger partial charge in [-0.3, -0.25) is 4.79 Å². The molecule has 0 heterocycles. The van der Waals surface area contributed by atoms with E-state index in [0.29, 0.717) is 11.1 Å². The molecule has 0 radical (unpaired) electrons. The fraction of sp³-hybridized carbons (Fsp3) is 0.111. The van der Waals surface area contributed by atoms with Crippen molar-refractivity contribution in [1.82, 2.24) is 0 Å². The summed E-state index contributed by atoms with van der Waals surface area (Å²) in [6.45, 7) is 1.79. The van der Waals surface area contributed by atoms with Gasteiger partial charge in [-0.25, -0.2) is 0 Å². The smallest absolute Gasteiger partial charge is 0.252 e. The van der Waals surface area contributed by atoms with Crippen molar-refractivity contribution in [2.45, 2.75) is 6.92 Å². The number of carbonyl (C=O) groups is 1. The number of nitrogens with zero attached hydrogens (tertiary/aromatic N) is 1. The lowest BCUT2D eigenvalue weighted by Gasteiger charge is -2.02. The average Bonchev–Trinajstić information content (AvgIpc) is 2.03. The lowest BCUT2D eigenvalue weighted by Crippen LogP contribution is -1.96. The predicted octanol–water partition coefficient (Wildman–Crippen LogP) is 2.85. The summed E-state index contributed by atoms with van der Waals surface area (Å²) in [7, 11) is 0. The fourth-order valence-corrected chi connectivity index (χ4v) is 1.92. The van der Waals surface area contributed by atoms with Crippen LogP contribution in [0.2, 0.25) is 0 Å². The highest BCUT2D eigenvalue weighted by molar-refractivity contribution is 14.1. The van der Waals surface area contributed by atoms with Gasteiger partial charge in [0.2, 0.25) is 0 Å². The molecule has 0 fully saturated rings. The molecule has 0 saturated carbocycles. The van der Waals surface area contributed by atoms with E-state index in [-0.39, 0.29) is 0 Å². The molecule has 4 heteroatoms. The third-order valence-electron chi connectivity index (χ3n) is 1.65. The molecule has 2 nitrogen and oxygen atoms in total. The molecule has 0 aliphatic rings. The monoisotopic (exact) mass is 305 g/mol. The Morgan fingerprint density at radius 2 is 2.23 bits per heavy atom. The minimum Gasteiger partial charge on any atom is -0.276 e.